The molecule has 0 bridgehead atoms. The average Bonchev–Trinajstić information content (AvgIpc) is 2.69. The number of piperidine rings is 1. The number of aryl methyl sites for hydroxylation is 1. The lowest BCUT2D eigenvalue weighted by atomic mass is 9.85. The van der Waals surface area contributed by atoms with E-state index in [2.05, 4.69) is 21.6 Å². The molecule has 1 aromatic carbocycles. The number of nitrogens with one attached hydrogen (secondary N) is 1. The fraction of sp³-hybridized carbons (Fsp3) is 0.700. The number of likely N-dealkylation sites (tertiary alicyclic amines) is 1. The molecule has 152 valence electrons. The molecule has 2 aliphatic rings. The van der Waals surface area contributed by atoms with E-state index >= 15 is 0 Å². The number of benzene rings is 1. The Morgan fingerprint density at radius 1 is 1.07 bits per heavy atom. The van der Waals surface area contributed by atoms with Crippen molar-refractivity contribution in [1.29, 1.82) is 0 Å². The molecule has 0 radical (unpaired) electrons. The van der Waals surface area contributed by atoms with Crippen molar-refractivity contribution >= 4 is 10.0 Å². The number of hydrogen-bond donors (Lipinski definition) is 1. The van der Waals surface area contributed by atoms with Gasteiger partial charge in [-0.25, -0.2) is 13.1 Å². The molecule has 3 rings (SSSR count). The highest BCUT2D eigenvalue weighted by molar-refractivity contribution is 7.89. The standard InChI is InChI=1S/C20H33N3O3S/c1-22-11-9-20(10-12-22,23-13-15-26-16-14-23)18-21-27(24,25)17-5-8-19-6-3-2-4-7-19/h2-4,6-7,21H,5,8-18H2,1H3. The number of nitrogens with zero attached hydrogens (tertiary/aromatic N) is 2. The molecule has 2 aliphatic heterocycles. The van der Waals surface area contributed by atoms with Crippen LogP contribution in [0.25, 0.3) is 0 Å². The summed E-state index contributed by atoms with van der Waals surface area (Å²) >= 11 is 0. The second-order valence-corrected chi connectivity index (χ2v) is 9.78. The van der Waals surface area contributed by atoms with Crippen molar-refractivity contribution in [3.8, 4) is 0 Å². The smallest absolute Gasteiger partial charge is 0.211 e. The summed E-state index contributed by atoms with van der Waals surface area (Å²) in [4.78, 5) is 4.78. The first-order chi connectivity index (χ1) is 13.0. The highest BCUT2D eigenvalue weighted by atomic mass is 32.2. The number of rotatable bonds is 8. The van der Waals surface area contributed by atoms with Crippen LogP contribution in [0.5, 0.6) is 0 Å². The van der Waals surface area contributed by atoms with Gasteiger partial charge in [-0.3, -0.25) is 4.90 Å². The van der Waals surface area contributed by atoms with E-state index in [-0.39, 0.29) is 11.3 Å². The number of hydrogen-bond acceptors (Lipinski definition) is 5. The summed E-state index contributed by atoms with van der Waals surface area (Å²) < 4.78 is 33.6. The van der Waals surface area contributed by atoms with Crippen LogP contribution in [-0.4, -0.2) is 82.5 Å². The van der Waals surface area contributed by atoms with Crippen molar-refractivity contribution in [2.75, 3.05) is 58.7 Å². The summed E-state index contributed by atoms with van der Waals surface area (Å²) in [7, 11) is -1.13. The molecule has 1 N–H and O–H groups in total. The van der Waals surface area contributed by atoms with Crippen molar-refractivity contribution in [2.24, 2.45) is 0 Å². The lowest BCUT2D eigenvalue weighted by molar-refractivity contribution is -0.0427. The van der Waals surface area contributed by atoms with E-state index < -0.39 is 10.0 Å². The molecule has 0 unspecified atom stereocenters. The number of ether oxygens (including phenoxy) is 1. The summed E-state index contributed by atoms with van der Waals surface area (Å²) in [5.41, 5.74) is 1.11. The molecule has 0 aliphatic carbocycles. The van der Waals surface area contributed by atoms with Crippen molar-refractivity contribution < 1.29 is 13.2 Å². The molecule has 0 spiro atoms. The topological polar surface area (TPSA) is 61.9 Å². The van der Waals surface area contributed by atoms with Crippen molar-refractivity contribution in [1.82, 2.24) is 14.5 Å². The van der Waals surface area contributed by atoms with Gasteiger partial charge in [-0.15, -0.1) is 0 Å². The van der Waals surface area contributed by atoms with Gasteiger partial charge < -0.3 is 9.64 Å². The van der Waals surface area contributed by atoms with E-state index in [4.69, 9.17) is 4.74 Å². The Labute approximate surface area is 163 Å². The van der Waals surface area contributed by atoms with Gasteiger partial charge in [-0.2, -0.15) is 0 Å². The first-order valence-electron chi connectivity index (χ1n) is 10.0. The third-order valence-corrected chi connectivity index (χ3v) is 7.35. The van der Waals surface area contributed by atoms with Gasteiger partial charge in [0.2, 0.25) is 10.0 Å². The fourth-order valence-electron chi connectivity index (χ4n) is 4.10. The van der Waals surface area contributed by atoms with Gasteiger partial charge in [0.15, 0.2) is 0 Å². The van der Waals surface area contributed by atoms with E-state index in [0.717, 1.165) is 58.7 Å². The molecule has 0 aromatic heterocycles. The maximum Gasteiger partial charge on any atom is 0.211 e. The van der Waals surface area contributed by atoms with E-state index in [1.54, 1.807) is 0 Å². The first kappa shape index (κ1) is 20.7. The van der Waals surface area contributed by atoms with Crippen LogP contribution in [0.1, 0.15) is 24.8 Å². The molecule has 7 heteroatoms. The fourth-order valence-corrected chi connectivity index (χ4v) is 5.26. The summed E-state index contributed by atoms with van der Waals surface area (Å²) in [5, 5.41) is 0. The third kappa shape index (κ3) is 5.99. The highest BCUT2D eigenvalue weighted by Crippen LogP contribution is 2.29. The minimum absolute atomic E-state index is 0.0806. The molecule has 1 aromatic rings. The lowest BCUT2D eigenvalue weighted by Gasteiger charge is -2.49. The molecular formula is C20H33N3O3S. The molecule has 2 heterocycles. The summed E-state index contributed by atoms with van der Waals surface area (Å²) in [6.07, 6.45) is 3.43. The van der Waals surface area contributed by atoms with Crippen molar-refractivity contribution in [3.63, 3.8) is 0 Å². The molecule has 27 heavy (non-hydrogen) atoms. The molecule has 0 saturated carbocycles. The van der Waals surface area contributed by atoms with Crippen LogP contribution in [-0.2, 0) is 21.2 Å². The van der Waals surface area contributed by atoms with Gasteiger partial charge >= 0.3 is 0 Å². The molecule has 2 saturated heterocycles. The molecule has 0 atom stereocenters. The van der Waals surface area contributed by atoms with E-state index in [1.165, 1.54) is 5.56 Å². The van der Waals surface area contributed by atoms with Gasteiger partial charge in [0.05, 0.1) is 19.0 Å². The molecular weight excluding hydrogens is 362 g/mol. The van der Waals surface area contributed by atoms with Crippen LogP contribution in [0.3, 0.4) is 0 Å². The Kier molecular flexibility index (Phi) is 7.28. The van der Waals surface area contributed by atoms with E-state index in [9.17, 15) is 8.42 Å². The Bertz CT molecular complexity index is 667. The van der Waals surface area contributed by atoms with Crippen LogP contribution in [0.2, 0.25) is 0 Å². The monoisotopic (exact) mass is 395 g/mol. The van der Waals surface area contributed by atoms with Crippen LogP contribution in [0.15, 0.2) is 30.3 Å². The average molecular weight is 396 g/mol. The normalized spacial score (nSPS) is 22.0. The number of morpholine rings is 1. The zero-order valence-electron chi connectivity index (χ0n) is 16.4. The minimum Gasteiger partial charge on any atom is -0.379 e. The van der Waals surface area contributed by atoms with Gasteiger partial charge in [0, 0.05) is 25.2 Å². The van der Waals surface area contributed by atoms with Crippen molar-refractivity contribution in [2.45, 2.75) is 31.2 Å². The van der Waals surface area contributed by atoms with Crippen LogP contribution in [0.4, 0.5) is 0 Å². The van der Waals surface area contributed by atoms with E-state index in [1.807, 2.05) is 30.3 Å². The third-order valence-electron chi connectivity index (χ3n) is 5.94. The van der Waals surface area contributed by atoms with Crippen LogP contribution < -0.4 is 4.72 Å². The summed E-state index contributed by atoms with van der Waals surface area (Å²) in [5.74, 6) is 0.182. The SMILES string of the molecule is CN1CCC(CNS(=O)(=O)CCCc2ccccc2)(N2CCOCC2)CC1. The second-order valence-electron chi connectivity index (χ2n) is 7.86. The maximum absolute atomic E-state index is 12.6. The van der Waals surface area contributed by atoms with Crippen LogP contribution in [0, 0.1) is 0 Å². The zero-order valence-corrected chi connectivity index (χ0v) is 17.2. The Morgan fingerprint density at radius 3 is 2.41 bits per heavy atom. The first-order valence-corrected chi connectivity index (χ1v) is 11.7. The molecule has 2 fully saturated rings. The highest BCUT2D eigenvalue weighted by Gasteiger charge is 2.40. The predicted molar refractivity (Wildman–Crippen MR) is 108 cm³/mol. The maximum atomic E-state index is 12.6. The quantitative estimate of drug-likeness (QED) is 0.720. The number of sulfonamides is 1. The predicted octanol–water partition coefficient (Wildman–Crippen LogP) is 1.34. The lowest BCUT2D eigenvalue weighted by Crippen LogP contribution is -2.62. The largest absolute Gasteiger partial charge is 0.379 e. The molecule has 0 amide bonds. The molecule has 6 nitrogen and oxygen atoms in total. The zero-order chi connectivity index (χ0) is 19.2. The van der Waals surface area contributed by atoms with E-state index in [0.29, 0.717) is 13.0 Å². The van der Waals surface area contributed by atoms with Gasteiger partial charge in [-0.05, 0) is 51.4 Å². The Hall–Kier alpha value is -0.990. The van der Waals surface area contributed by atoms with Gasteiger partial charge in [-0.1, -0.05) is 30.3 Å². The van der Waals surface area contributed by atoms with Crippen molar-refractivity contribution in [3.05, 3.63) is 35.9 Å². The van der Waals surface area contributed by atoms with Gasteiger partial charge in [0.1, 0.15) is 0 Å². The van der Waals surface area contributed by atoms with Crippen LogP contribution >= 0.6 is 0 Å². The minimum atomic E-state index is -3.26. The second kappa shape index (κ2) is 9.47. The van der Waals surface area contributed by atoms with Gasteiger partial charge in [0.25, 0.3) is 0 Å². The summed E-state index contributed by atoms with van der Waals surface area (Å²) in [6, 6.07) is 10.1. The Balaban J connectivity index is 1.55. The Morgan fingerprint density at radius 2 is 1.74 bits per heavy atom. The summed E-state index contributed by atoms with van der Waals surface area (Å²) in [6.45, 7) is 5.77.